The topological polar surface area (TPSA) is 75.1 Å². The van der Waals surface area contributed by atoms with Crippen LogP contribution in [0, 0.1) is 0 Å². The molecule has 0 saturated heterocycles. The summed E-state index contributed by atoms with van der Waals surface area (Å²) in [5.74, 6) is 2.51. The fourth-order valence-electron chi connectivity index (χ4n) is 2.64. The van der Waals surface area contributed by atoms with Crippen molar-refractivity contribution in [2.75, 3.05) is 34.4 Å². The van der Waals surface area contributed by atoms with Crippen molar-refractivity contribution in [1.82, 2.24) is 10.6 Å². The number of benzene rings is 2. The van der Waals surface area contributed by atoms with Gasteiger partial charge in [0.1, 0.15) is 17.2 Å². The second kappa shape index (κ2) is 10.2. The highest BCUT2D eigenvalue weighted by atomic mass is 16.5. The largest absolute Gasteiger partial charge is 0.508 e. The Morgan fingerprint density at radius 2 is 1.65 bits per heavy atom. The minimum Gasteiger partial charge on any atom is -0.508 e. The molecule has 2 aromatic rings. The standard InChI is InChI=1S/C20H27N3O3/c1-21-20(23-13-11-16-6-4-5-7-19(16)26-3)22-12-10-15-8-9-17(25-2)14-18(15)24/h4-9,14,24H,10-13H2,1-3H3,(H2,21,22,23). The van der Waals surface area contributed by atoms with Gasteiger partial charge in [0.05, 0.1) is 14.2 Å². The first-order chi connectivity index (χ1) is 12.7. The number of rotatable bonds is 8. The lowest BCUT2D eigenvalue weighted by Crippen LogP contribution is -2.39. The van der Waals surface area contributed by atoms with E-state index >= 15 is 0 Å². The monoisotopic (exact) mass is 357 g/mol. The molecule has 0 heterocycles. The van der Waals surface area contributed by atoms with Gasteiger partial charge in [0, 0.05) is 26.2 Å². The van der Waals surface area contributed by atoms with E-state index < -0.39 is 0 Å². The molecule has 6 nitrogen and oxygen atoms in total. The molecule has 0 unspecified atom stereocenters. The van der Waals surface area contributed by atoms with Gasteiger partial charge in [-0.3, -0.25) is 4.99 Å². The molecule has 0 bridgehead atoms. The van der Waals surface area contributed by atoms with Crippen molar-refractivity contribution in [2.24, 2.45) is 4.99 Å². The summed E-state index contributed by atoms with van der Waals surface area (Å²) >= 11 is 0. The molecule has 2 aromatic carbocycles. The first-order valence-corrected chi connectivity index (χ1v) is 8.60. The molecule has 0 amide bonds. The smallest absolute Gasteiger partial charge is 0.190 e. The van der Waals surface area contributed by atoms with Crippen molar-refractivity contribution in [3.8, 4) is 17.2 Å². The summed E-state index contributed by atoms with van der Waals surface area (Å²) in [7, 11) is 5.00. The Bertz CT molecular complexity index is 732. The third-order valence-electron chi connectivity index (χ3n) is 4.08. The lowest BCUT2D eigenvalue weighted by atomic mass is 10.1. The van der Waals surface area contributed by atoms with Crippen molar-refractivity contribution >= 4 is 5.96 Å². The molecular weight excluding hydrogens is 330 g/mol. The van der Waals surface area contributed by atoms with Crippen molar-refractivity contribution in [3.05, 3.63) is 53.6 Å². The molecule has 0 spiro atoms. The Hall–Kier alpha value is -2.89. The van der Waals surface area contributed by atoms with Gasteiger partial charge in [-0.25, -0.2) is 0 Å². The summed E-state index contributed by atoms with van der Waals surface area (Å²) in [6.07, 6.45) is 1.52. The summed E-state index contributed by atoms with van der Waals surface area (Å²) in [6, 6.07) is 13.3. The summed E-state index contributed by atoms with van der Waals surface area (Å²) in [4.78, 5) is 4.22. The molecule has 0 radical (unpaired) electrons. The molecule has 3 N–H and O–H groups in total. The van der Waals surface area contributed by atoms with Crippen molar-refractivity contribution in [1.29, 1.82) is 0 Å². The average Bonchev–Trinajstić information content (AvgIpc) is 2.68. The Kier molecular flexibility index (Phi) is 7.61. The van der Waals surface area contributed by atoms with E-state index in [1.54, 1.807) is 27.3 Å². The number of para-hydroxylation sites is 1. The predicted octanol–water partition coefficient (Wildman–Crippen LogP) is 2.36. The van der Waals surface area contributed by atoms with Crippen molar-refractivity contribution in [3.63, 3.8) is 0 Å². The van der Waals surface area contributed by atoms with Gasteiger partial charge in [-0.1, -0.05) is 24.3 Å². The molecule has 2 rings (SSSR count). The third-order valence-corrected chi connectivity index (χ3v) is 4.08. The van der Waals surface area contributed by atoms with Crippen LogP contribution in [0.1, 0.15) is 11.1 Å². The Labute approximate surface area is 154 Å². The van der Waals surface area contributed by atoms with Crippen LogP contribution in [-0.2, 0) is 12.8 Å². The highest BCUT2D eigenvalue weighted by Crippen LogP contribution is 2.23. The fraction of sp³-hybridized carbons (Fsp3) is 0.350. The van der Waals surface area contributed by atoms with Gasteiger partial charge in [0.2, 0.25) is 0 Å². The molecule has 26 heavy (non-hydrogen) atoms. The lowest BCUT2D eigenvalue weighted by Gasteiger charge is -2.13. The number of phenolic OH excluding ortho intramolecular Hbond substituents is 1. The molecule has 0 aromatic heterocycles. The van der Waals surface area contributed by atoms with Crippen LogP contribution in [0.3, 0.4) is 0 Å². The Morgan fingerprint density at radius 1 is 0.962 bits per heavy atom. The number of guanidine groups is 1. The number of nitrogens with zero attached hydrogens (tertiary/aromatic N) is 1. The molecule has 6 heteroatoms. The third kappa shape index (κ3) is 5.58. The van der Waals surface area contributed by atoms with Crippen molar-refractivity contribution < 1.29 is 14.6 Å². The number of nitrogens with one attached hydrogen (secondary N) is 2. The van der Waals surface area contributed by atoms with Crippen LogP contribution in [0.5, 0.6) is 17.2 Å². The highest BCUT2D eigenvalue weighted by Gasteiger charge is 2.05. The minimum absolute atomic E-state index is 0.241. The maximum absolute atomic E-state index is 10.00. The number of methoxy groups -OCH3 is 2. The predicted molar refractivity (Wildman–Crippen MR) is 104 cm³/mol. The second-order valence-electron chi connectivity index (χ2n) is 5.73. The van der Waals surface area contributed by atoms with Gasteiger partial charge < -0.3 is 25.2 Å². The summed E-state index contributed by atoms with van der Waals surface area (Å²) in [6.45, 7) is 1.40. The van der Waals surface area contributed by atoms with Gasteiger partial charge in [0.15, 0.2) is 5.96 Å². The molecule has 0 saturated carbocycles. The van der Waals surface area contributed by atoms with E-state index in [4.69, 9.17) is 9.47 Å². The Balaban J connectivity index is 1.77. The molecule has 0 aliphatic rings. The first-order valence-electron chi connectivity index (χ1n) is 8.60. The molecule has 0 fully saturated rings. The van der Waals surface area contributed by atoms with E-state index in [0.29, 0.717) is 18.7 Å². The van der Waals surface area contributed by atoms with Gasteiger partial charge in [-0.15, -0.1) is 0 Å². The number of phenols is 1. The first kappa shape index (κ1) is 19.4. The molecule has 0 aliphatic heterocycles. The highest BCUT2D eigenvalue weighted by molar-refractivity contribution is 5.79. The second-order valence-corrected chi connectivity index (χ2v) is 5.73. The maximum atomic E-state index is 10.00. The molecule has 140 valence electrons. The van der Waals surface area contributed by atoms with Crippen LogP contribution in [0.2, 0.25) is 0 Å². The molecule has 0 atom stereocenters. The van der Waals surface area contributed by atoms with Gasteiger partial charge in [0.25, 0.3) is 0 Å². The van der Waals surface area contributed by atoms with Crippen LogP contribution in [0.15, 0.2) is 47.5 Å². The van der Waals surface area contributed by atoms with E-state index in [-0.39, 0.29) is 5.75 Å². The van der Waals surface area contributed by atoms with Gasteiger partial charge >= 0.3 is 0 Å². The SMILES string of the molecule is CN=C(NCCc1ccc(OC)cc1O)NCCc1ccccc1OC. The quantitative estimate of drug-likeness (QED) is 0.500. The van der Waals surface area contributed by atoms with Gasteiger partial charge in [-0.2, -0.15) is 0 Å². The van der Waals surface area contributed by atoms with Crippen LogP contribution >= 0.6 is 0 Å². The van der Waals surface area contributed by atoms with E-state index in [1.807, 2.05) is 30.3 Å². The van der Waals surface area contributed by atoms with E-state index in [2.05, 4.69) is 21.7 Å². The normalized spacial score (nSPS) is 11.1. The zero-order chi connectivity index (χ0) is 18.8. The number of aromatic hydroxyl groups is 1. The lowest BCUT2D eigenvalue weighted by molar-refractivity contribution is 0.406. The number of aliphatic imine (C=N–C) groups is 1. The zero-order valence-corrected chi connectivity index (χ0v) is 15.6. The van der Waals surface area contributed by atoms with E-state index in [9.17, 15) is 5.11 Å². The number of hydrogen-bond donors (Lipinski definition) is 3. The number of hydrogen-bond acceptors (Lipinski definition) is 4. The van der Waals surface area contributed by atoms with Crippen LogP contribution in [-0.4, -0.2) is 45.4 Å². The van der Waals surface area contributed by atoms with E-state index in [0.717, 1.165) is 35.8 Å². The maximum Gasteiger partial charge on any atom is 0.190 e. The van der Waals surface area contributed by atoms with E-state index in [1.165, 1.54) is 0 Å². The fourth-order valence-corrected chi connectivity index (χ4v) is 2.64. The molecular formula is C20H27N3O3. The summed E-state index contributed by atoms with van der Waals surface area (Å²) < 4.78 is 10.5. The average molecular weight is 357 g/mol. The van der Waals surface area contributed by atoms with Gasteiger partial charge in [-0.05, 0) is 36.1 Å². The zero-order valence-electron chi connectivity index (χ0n) is 15.6. The Morgan fingerprint density at radius 3 is 2.27 bits per heavy atom. The summed E-state index contributed by atoms with van der Waals surface area (Å²) in [5, 5.41) is 16.5. The number of ether oxygens (including phenoxy) is 2. The van der Waals surface area contributed by atoms with Crippen LogP contribution in [0.25, 0.3) is 0 Å². The van der Waals surface area contributed by atoms with Crippen molar-refractivity contribution in [2.45, 2.75) is 12.8 Å². The van der Waals surface area contributed by atoms with Crippen LogP contribution < -0.4 is 20.1 Å². The summed E-state index contributed by atoms with van der Waals surface area (Å²) in [5.41, 5.74) is 2.02. The minimum atomic E-state index is 0.241. The molecule has 0 aliphatic carbocycles. The van der Waals surface area contributed by atoms with Crippen LogP contribution in [0.4, 0.5) is 0 Å².